The van der Waals surface area contributed by atoms with Gasteiger partial charge in [0.25, 0.3) is 0 Å². The molecule has 1 heterocycles. The van der Waals surface area contributed by atoms with Gasteiger partial charge in [-0.1, -0.05) is 36.4 Å². The molecule has 1 aromatic heterocycles. The zero-order valence-corrected chi connectivity index (χ0v) is 12.8. The van der Waals surface area contributed by atoms with Crippen LogP contribution in [0.25, 0.3) is 10.8 Å². The summed E-state index contributed by atoms with van der Waals surface area (Å²) in [6, 6.07) is 14.4. The van der Waals surface area contributed by atoms with Crippen molar-refractivity contribution in [2.75, 3.05) is 10.7 Å². The van der Waals surface area contributed by atoms with Gasteiger partial charge in [0, 0.05) is 11.6 Å². The average molecular weight is 346 g/mol. The molecule has 0 aliphatic carbocycles. The fraction of sp³-hybridized carbons (Fsp3) is 0.0588. The highest BCUT2D eigenvalue weighted by Gasteiger charge is 2.30. The molecule has 3 rings (SSSR count). The summed E-state index contributed by atoms with van der Waals surface area (Å²) in [6.07, 6.45) is -3.77. The fourth-order valence-corrected chi connectivity index (χ4v) is 2.24. The summed E-state index contributed by atoms with van der Waals surface area (Å²) in [6.45, 7) is 0. The minimum absolute atomic E-state index is 0.0843. The number of alkyl halides is 3. The van der Waals surface area contributed by atoms with Crippen molar-refractivity contribution >= 4 is 28.3 Å². The third-order valence-corrected chi connectivity index (χ3v) is 3.43. The van der Waals surface area contributed by atoms with E-state index in [0.29, 0.717) is 11.9 Å². The number of aromatic nitrogens is 1. The SMILES string of the molecule is O=C(NNc1ccc(C(F)(F)F)cn1)Nc1cccc2ccccc12. The van der Waals surface area contributed by atoms with Crippen LogP contribution in [-0.4, -0.2) is 11.0 Å². The van der Waals surface area contributed by atoms with Gasteiger partial charge in [-0.15, -0.1) is 0 Å². The molecule has 0 saturated carbocycles. The molecule has 0 unspecified atom stereocenters. The van der Waals surface area contributed by atoms with Crippen molar-refractivity contribution in [2.24, 2.45) is 0 Å². The number of pyridine rings is 1. The highest BCUT2D eigenvalue weighted by Crippen LogP contribution is 2.28. The molecule has 3 aromatic rings. The Kier molecular flexibility index (Phi) is 4.42. The van der Waals surface area contributed by atoms with Crippen LogP contribution in [0.4, 0.5) is 29.5 Å². The normalized spacial score (nSPS) is 11.2. The number of urea groups is 1. The van der Waals surface area contributed by atoms with Gasteiger partial charge in [0.1, 0.15) is 5.82 Å². The molecule has 0 radical (unpaired) electrons. The molecule has 8 heteroatoms. The molecule has 0 aliphatic heterocycles. The quantitative estimate of drug-likeness (QED) is 0.616. The van der Waals surface area contributed by atoms with Gasteiger partial charge in [-0.05, 0) is 23.6 Å². The highest BCUT2D eigenvalue weighted by molar-refractivity contribution is 6.01. The Balaban J connectivity index is 1.63. The Hall–Kier alpha value is -3.29. The lowest BCUT2D eigenvalue weighted by Gasteiger charge is -2.12. The van der Waals surface area contributed by atoms with Crippen molar-refractivity contribution in [1.29, 1.82) is 0 Å². The summed E-state index contributed by atoms with van der Waals surface area (Å²) >= 11 is 0. The number of anilines is 2. The van der Waals surface area contributed by atoms with Crippen LogP contribution in [0.15, 0.2) is 60.8 Å². The maximum absolute atomic E-state index is 12.5. The van der Waals surface area contributed by atoms with Gasteiger partial charge in [0.05, 0.1) is 11.3 Å². The maximum Gasteiger partial charge on any atom is 0.417 e. The second-order valence-electron chi connectivity index (χ2n) is 5.16. The van der Waals surface area contributed by atoms with Gasteiger partial charge >= 0.3 is 12.2 Å². The Bertz CT molecular complexity index is 889. The standard InChI is InChI=1S/C17H13F3N4O/c18-17(19,20)12-8-9-15(21-10-12)23-24-16(25)22-14-7-3-5-11-4-1-2-6-13(11)14/h1-10H,(H,21,23)(H2,22,24,25). The lowest BCUT2D eigenvalue weighted by Crippen LogP contribution is -2.34. The molecule has 3 N–H and O–H groups in total. The van der Waals surface area contributed by atoms with E-state index >= 15 is 0 Å². The van der Waals surface area contributed by atoms with Crippen LogP contribution in [0.5, 0.6) is 0 Å². The molecule has 0 aliphatic rings. The van der Waals surface area contributed by atoms with E-state index in [0.717, 1.165) is 22.9 Å². The van der Waals surface area contributed by atoms with E-state index in [1.165, 1.54) is 0 Å². The van der Waals surface area contributed by atoms with Crippen molar-refractivity contribution in [3.63, 3.8) is 0 Å². The molecule has 2 aromatic carbocycles. The van der Waals surface area contributed by atoms with Crippen LogP contribution >= 0.6 is 0 Å². The predicted octanol–water partition coefficient (Wildman–Crippen LogP) is 4.40. The lowest BCUT2D eigenvalue weighted by atomic mass is 10.1. The van der Waals surface area contributed by atoms with Crippen molar-refractivity contribution < 1.29 is 18.0 Å². The van der Waals surface area contributed by atoms with E-state index in [2.05, 4.69) is 21.2 Å². The number of nitrogens with one attached hydrogen (secondary N) is 3. The van der Waals surface area contributed by atoms with E-state index in [-0.39, 0.29) is 5.82 Å². The average Bonchev–Trinajstić information content (AvgIpc) is 2.60. The molecular weight excluding hydrogens is 333 g/mol. The number of carbonyl (C=O) groups excluding carboxylic acids is 1. The number of nitrogens with zero attached hydrogens (tertiary/aromatic N) is 1. The molecule has 5 nitrogen and oxygen atoms in total. The number of carbonyl (C=O) groups is 1. The van der Waals surface area contributed by atoms with E-state index in [4.69, 9.17) is 0 Å². The molecular formula is C17H13F3N4O. The summed E-state index contributed by atoms with van der Waals surface area (Å²) in [4.78, 5) is 15.6. The Labute approximate surface area is 140 Å². The van der Waals surface area contributed by atoms with Gasteiger partial charge in [0.15, 0.2) is 0 Å². The number of benzene rings is 2. The van der Waals surface area contributed by atoms with Gasteiger partial charge < -0.3 is 5.32 Å². The largest absolute Gasteiger partial charge is 0.417 e. The molecule has 0 spiro atoms. The number of hydrogen-bond acceptors (Lipinski definition) is 3. The zero-order valence-electron chi connectivity index (χ0n) is 12.8. The van der Waals surface area contributed by atoms with Gasteiger partial charge in [-0.3, -0.25) is 10.9 Å². The second kappa shape index (κ2) is 6.68. The monoisotopic (exact) mass is 346 g/mol. The second-order valence-corrected chi connectivity index (χ2v) is 5.16. The third-order valence-electron chi connectivity index (χ3n) is 3.43. The number of hydrazine groups is 1. The topological polar surface area (TPSA) is 66.0 Å². The summed E-state index contributed by atoms with van der Waals surface area (Å²) in [5, 5.41) is 4.51. The molecule has 128 valence electrons. The van der Waals surface area contributed by atoms with E-state index in [1.807, 2.05) is 36.4 Å². The lowest BCUT2D eigenvalue weighted by molar-refractivity contribution is -0.137. The molecule has 0 atom stereocenters. The Morgan fingerprint density at radius 2 is 1.72 bits per heavy atom. The van der Waals surface area contributed by atoms with Crippen molar-refractivity contribution in [2.45, 2.75) is 6.18 Å². The molecule has 0 fully saturated rings. The first-order chi connectivity index (χ1) is 11.9. The van der Waals surface area contributed by atoms with Gasteiger partial charge in [0.2, 0.25) is 0 Å². The van der Waals surface area contributed by atoms with E-state index in [9.17, 15) is 18.0 Å². The highest BCUT2D eigenvalue weighted by atomic mass is 19.4. The fourth-order valence-electron chi connectivity index (χ4n) is 2.24. The smallest absolute Gasteiger partial charge is 0.306 e. The molecule has 0 bridgehead atoms. The first kappa shape index (κ1) is 16.6. The van der Waals surface area contributed by atoms with Crippen molar-refractivity contribution in [3.05, 3.63) is 66.4 Å². The minimum atomic E-state index is -4.45. The number of amides is 2. The van der Waals surface area contributed by atoms with Crippen LogP contribution < -0.4 is 16.2 Å². The molecule has 25 heavy (non-hydrogen) atoms. The summed E-state index contributed by atoms with van der Waals surface area (Å²) in [7, 11) is 0. The van der Waals surface area contributed by atoms with Crippen LogP contribution in [0.3, 0.4) is 0 Å². The summed E-state index contributed by atoms with van der Waals surface area (Å²) in [5.74, 6) is 0.0843. The molecule has 0 saturated heterocycles. The van der Waals surface area contributed by atoms with Crippen molar-refractivity contribution in [1.82, 2.24) is 10.4 Å². The Morgan fingerprint density at radius 3 is 2.44 bits per heavy atom. The van der Waals surface area contributed by atoms with E-state index < -0.39 is 17.8 Å². The maximum atomic E-state index is 12.5. The van der Waals surface area contributed by atoms with E-state index in [1.54, 1.807) is 6.07 Å². The zero-order chi connectivity index (χ0) is 17.9. The predicted molar refractivity (Wildman–Crippen MR) is 89.0 cm³/mol. The van der Waals surface area contributed by atoms with Crippen LogP contribution in [0, 0.1) is 0 Å². The summed E-state index contributed by atoms with van der Waals surface area (Å²) < 4.78 is 37.4. The molecule has 2 amide bonds. The van der Waals surface area contributed by atoms with Gasteiger partial charge in [-0.2, -0.15) is 13.2 Å². The minimum Gasteiger partial charge on any atom is -0.306 e. The van der Waals surface area contributed by atoms with Crippen molar-refractivity contribution in [3.8, 4) is 0 Å². The van der Waals surface area contributed by atoms with Crippen LogP contribution in [0.1, 0.15) is 5.56 Å². The number of rotatable bonds is 3. The number of halogens is 3. The first-order valence-corrected chi connectivity index (χ1v) is 7.27. The number of fused-ring (bicyclic) bond motifs is 1. The first-order valence-electron chi connectivity index (χ1n) is 7.27. The van der Waals surface area contributed by atoms with Gasteiger partial charge in [-0.25, -0.2) is 9.78 Å². The Morgan fingerprint density at radius 1 is 0.960 bits per heavy atom. The number of hydrogen-bond donors (Lipinski definition) is 3. The third kappa shape index (κ3) is 3.97. The van der Waals surface area contributed by atoms with Crippen LogP contribution in [-0.2, 0) is 6.18 Å². The summed E-state index contributed by atoms with van der Waals surface area (Å²) in [5.41, 5.74) is 4.52. The van der Waals surface area contributed by atoms with Crippen LogP contribution in [0.2, 0.25) is 0 Å².